The zero-order chi connectivity index (χ0) is 14.6. The molecule has 0 aliphatic carbocycles. The first-order chi connectivity index (χ1) is 9.76. The van der Waals surface area contributed by atoms with E-state index in [4.69, 9.17) is 4.74 Å². The summed E-state index contributed by atoms with van der Waals surface area (Å²) < 4.78 is 5.30. The highest BCUT2D eigenvalue weighted by Crippen LogP contribution is 1.94. The van der Waals surface area contributed by atoms with Crippen LogP contribution in [0.25, 0.3) is 0 Å². The third-order valence-corrected chi connectivity index (χ3v) is 3.04. The zero-order valence-corrected chi connectivity index (χ0v) is 12.6. The molecule has 0 atom stereocenters. The standard InChI is InChI=1S/C13H27N5O2/c1-3-4-15-12(19)11-17-13(14-2)16-5-6-18-7-9-20-10-8-18/h3-11H2,1-2H3,(H,15,19)(H2,14,16,17). The summed E-state index contributed by atoms with van der Waals surface area (Å²) in [4.78, 5) is 17.9. The van der Waals surface area contributed by atoms with Gasteiger partial charge in [-0.15, -0.1) is 0 Å². The largest absolute Gasteiger partial charge is 0.379 e. The number of carbonyl (C=O) groups excluding carboxylic acids is 1. The van der Waals surface area contributed by atoms with Crippen molar-refractivity contribution in [3.63, 3.8) is 0 Å². The number of nitrogens with zero attached hydrogens (tertiary/aromatic N) is 2. The fourth-order valence-electron chi connectivity index (χ4n) is 1.87. The van der Waals surface area contributed by atoms with E-state index in [-0.39, 0.29) is 12.5 Å². The Morgan fingerprint density at radius 1 is 1.20 bits per heavy atom. The molecule has 116 valence electrons. The molecule has 0 unspecified atom stereocenters. The van der Waals surface area contributed by atoms with E-state index in [1.165, 1.54) is 0 Å². The lowest BCUT2D eigenvalue weighted by Crippen LogP contribution is -2.46. The smallest absolute Gasteiger partial charge is 0.239 e. The average Bonchev–Trinajstić information content (AvgIpc) is 2.49. The van der Waals surface area contributed by atoms with Crippen molar-refractivity contribution < 1.29 is 9.53 Å². The van der Waals surface area contributed by atoms with E-state index >= 15 is 0 Å². The Bertz CT molecular complexity index is 303. The van der Waals surface area contributed by atoms with E-state index in [1.54, 1.807) is 7.05 Å². The van der Waals surface area contributed by atoms with Gasteiger partial charge in [-0.05, 0) is 6.42 Å². The summed E-state index contributed by atoms with van der Waals surface area (Å²) in [5.74, 6) is 0.646. The molecule has 7 heteroatoms. The zero-order valence-electron chi connectivity index (χ0n) is 12.6. The number of amides is 1. The molecule has 0 bridgehead atoms. The van der Waals surface area contributed by atoms with Crippen LogP contribution in [-0.2, 0) is 9.53 Å². The summed E-state index contributed by atoms with van der Waals surface area (Å²) >= 11 is 0. The number of ether oxygens (including phenoxy) is 1. The number of hydrogen-bond donors (Lipinski definition) is 3. The maximum absolute atomic E-state index is 11.5. The Kier molecular flexibility index (Phi) is 8.73. The highest BCUT2D eigenvalue weighted by molar-refractivity contribution is 5.86. The minimum atomic E-state index is -0.0111. The monoisotopic (exact) mass is 285 g/mol. The predicted molar refractivity (Wildman–Crippen MR) is 79.9 cm³/mol. The lowest BCUT2D eigenvalue weighted by molar-refractivity contribution is -0.120. The number of guanidine groups is 1. The fourth-order valence-corrected chi connectivity index (χ4v) is 1.87. The molecule has 3 N–H and O–H groups in total. The van der Waals surface area contributed by atoms with Crippen LogP contribution in [0.1, 0.15) is 13.3 Å². The Labute approximate surface area is 121 Å². The summed E-state index contributed by atoms with van der Waals surface area (Å²) in [6.07, 6.45) is 0.943. The molecule has 0 aromatic rings. The van der Waals surface area contributed by atoms with Gasteiger partial charge in [0.1, 0.15) is 0 Å². The highest BCUT2D eigenvalue weighted by Gasteiger charge is 2.09. The maximum atomic E-state index is 11.5. The third kappa shape index (κ3) is 7.30. The number of hydrogen-bond acceptors (Lipinski definition) is 4. The minimum absolute atomic E-state index is 0.0111. The molecule has 0 spiro atoms. The Balaban J connectivity index is 2.11. The van der Waals surface area contributed by atoms with Gasteiger partial charge in [0.25, 0.3) is 0 Å². The lowest BCUT2D eigenvalue weighted by atomic mass is 10.4. The Morgan fingerprint density at radius 2 is 1.95 bits per heavy atom. The van der Waals surface area contributed by atoms with Crippen LogP contribution < -0.4 is 16.0 Å². The molecule has 0 radical (unpaired) electrons. The number of rotatable bonds is 7. The van der Waals surface area contributed by atoms with E-state index in [2.05, 4.69) is 25.8 Å². The molecule has 0 saturated carbocycles. The van der Waals surface area contributed by atoms with Crippen molar-refractivity contribution in [2.75, 3.05) is 59.5 Å². The molecular formula is C13H27N5O2. The van der Waals surface area contributed by atoms with E-state index in [0.29, 0.717) is 12.5 Å². The first kappa shape index (κ1) is 16.7. The molecule has 1 fully saturated rings. The summed E-state index contributed by atoms with van der Waals surface area (Å²) in [6.45, 7) is 8.32. The van der Waals surface area contributed by atoms with Crippen LogP contribution in [0.3, 0.4) is 0 Å². The normalized spacial score (nSPS) is 16.8. The molecule has 1 aliphatic heterocycles. The van der Waals surface area contributed by atoms with Gasteiger partial charge < -0.3 is 20.7 Å². The van der Waals surface area contributed by atoms with Crippen molar-refractivity contribution in [2.45, 2.75) is 13.3 Å². The maximum Gasteiger partial charge on any atom is 0.239 e. The summed E-state index contributed by atoms with van der Waals surface area (Å²) in [7, 11) is 1.70. The van der Waals surface area contributed by atoms with Crippen LogP contribution >= 0.6 is 0 Å². The van der Waals surface area contributed by atoms with Gasteiger partial charge in [0.2, 0.25) is 5.91 Å². The van der Waals surface area contributed by atoms with E-state index in [9.17, 15) is 4.79 Å². The van der Waals surface area contributed by atoms with Crippen LogP contribution in [0, 0.1) is 0 Å². The molecular weight excluding hydrogens is 258 g/mol. The Hall–Kier alpha value is -1.34. The van der Waals surface area contributed by atoms with E-state index in [0.717, 1.165) is 45.8 Å². The topological polar surface area (TPSA) is 78.0 Å². The van der Waals surface area contributed by atoms with Gasteiger partial charge in [0.05, 0.1) is 19.8 Å². The Morgan fingerprint density at radius 3 is 2.60 bits per heavy atom. The lowest BCUT2D eigenvalue weighted by Gasteiger charge is -2.26. The SMILES string of the molecule is CCCNC(=O)CNC(=NC)NCCN1CCOCC1. The van der Waals surface area contributed by atoms with Gasteiger partial charge in [-0.3, -0.25) is 14.7 Å². The fraction of sp³-hybridized carbons (Fsp3) is 0.846. The van der Waals surface area contributed by atoms with E-state index in [1.807, 2.05) is 6.92 Å². The van der Waals surface area contributed by atoms with Gasteiger partial charge in [-0.25, -0.2) is 0 Å². The van der Waals surface area contributed by atoms with Crippen LogP contribution in [0.5, 0.6) is 0 Å². The van der Waals surface area contributed by atoms with Gasteiger partial charge in [-0.1, -0.05) is 6.92 Å². The second-order valence-corrected chi connectivity index (χ2v) is 4.66. The molecule has 1 rings (SSSR count). The second kappa shape index (κ2) is 10.4. The average molecular weight is 285 g/mol. The van der Waals surface area contributed by atoms with Crippen molar-refractivity contribution in [1.29, 1.82) is 0 Å². The second-order valence-electron chi connectivity index (χ2n) is 4.66. The molecule has 1 heterocycles. The number of morpholine rings is 1. The van der Waals surface area contributed by atoms with E-state index < -0.39 is 0 Å². The molecule has 7 nitrogen and oxygen atoms in total. The predicted octanol–water partition coefficient (Wildman–Crippen LogP) is -0.990. The number of carbonyl (C=O) groups is 1. The van der Waals surface area contributed by atoms with Crippen LogP contribution in [0.2, 0.25) is 0 Å². The van der Waals surface area contributed by atoms with Crippen molar-refractivity contribution in [3.8, 4) is 0 Å². The van der Waals surface area contributed by atoms with Gasteiger partial charge >= 0.3 is 0 Å². The highest BCUT2D eigenvalue weighted by atomic mass is 16.5. The summed E-state index contributed by atoms with van der Waals surface area (Å²) in [5.41, 5.74) is 0. The van der Waals surface area contributed by atoms with Crippen molar-refractivity contribution in [2.24, 2.45) is 4.99 Å². The van der Waals surface area contributed by atoms with Gasteiger partial charge in [0, 0.05) is 39.8 Å². The number of aliphatic imine (C=N–C) groups is 1. The van der Waals surface area contributed by atoms with Crippen molar-refractivity contribution in [3.05, 3.63) is 0 Å². The molecule has 1 amide bonds. The molecule has 20 heavy (non-hydrogen) atoms. The quantitative estimate of drug-likeness (QED) is 0.413. The molecule has 1 aliphatic rings. The summed E-state index contributed by atoms with van der Waals surface area (Å²) in [5, 5.41) is 9.02. The van der Waals surface area contributed by atoms with Gasteiger partial charge in [0.15, 0.2) is 5.96 Å². The van der Waals surface area contributed by atoms with Crippen LogP contribution in [-0.4, -0.2) is 76.3 Å². The first-order valence-electron chi connectivity index (χ1n) is 7.27. The van der Waals surface area contributed by atoms with Crippen LogP contribution in [0.4, 0.5) is 0 Å². The first-order valence-corrected chi connectivity index (χ1v) is 7.27. The third-order valence-electron chi connectivity index (χ3n) is 3.04. The van der Waals surface area contributed by atoms with Crippen molar-refractivity contribution >= 4 is 11.9 Å². The number of nitrogens with one attached hydrogen (secondary N) is 3. The van der Waals surface area contributed by atoms with Gasteiger partial charge in [-0.2, -0.15) is 0 Å². The minimum Gasteiger partial charge on any atom is -0.379 e. The van der Waals surface area contributed by atoms with Crippen molar-refractivity contribution in [1.82, 2.24) is 20.9 Å². The summed E-state index contributed by atoms with van der Waals surface area (Å²) in [6, 6.07) is 0. The molecule has 1 saturated heterocycles. The molecule has 0 aromatic carbocycles. The molecule has 0 aromatic heterocycles. The van der Waals surface area contributed by atoms with Crippen LogP contribution in [0.15, 0.2) is 4.99 Å².